The molecular formula is C35H57NO7. The number of amides is 1. The lowest BCUT2D eigenvalue weighted by Crippen LogP contribution is -2.34. The van der Waals surface area contributed by atoms with E-state index in [-0.39, 0.29) is 42.9 Å². The number of ether oxygens (including phenoxy) is 2. The summed E-state index contributed by atoms with van der Waals surface area (Å²) in [5, 5.41) is 9.31. The number of nitrogens with zero attached hydrogens (tertiary/aromatic N) is 1. The topological polar surface area (TPSA) is 110 Å². The van der Waals surface area contributed by atoms with Gasteiger partial charge in [-0.25, -0.2) is 4.79 Å². The van der Waals surface area contributed by atoms with Crippen LogP contribution >= 0.6 is 0 Å². The highest BCUT2D eigenvalue weighted by Gasteiger charge is 2.20. The average molecular weight is 604 g/mol. The molecule has 1 N–H and O–H groups in total. The first kappa shape index (κ1) is 38.1. The van der Waals surface area contributed by atoms with E-state index in [4.69, 9.17) is 9.47 Å². The van der Waals surface area contributed by atoms with Gasteiger partial charge in [0.15, 0.2) is 0 Å². The van der Waals surface area contributed by atoms with Crippen molar-refractivity contribution in [2.75, 3.05) is 6.54 Å². The van der Waals surface area contributed by atoms with Crippen molar-refractivity contribution in [1.82, 2.24) is 4.90 Å². The second-order valence-corrected chi connectivity index (χ2v) is 13.5. The fourth-order valence-electron chi connectivity index (χ4n) is 4.80. The second-order valence-electron chi connectivity index (χ2n) is 13.5. The predicted molar refractivity (Wildman–Crippen MR) is 170 cm³/mol. The number of esters is 2. The lowest BCUT2D eigenvalue weighted by molar-refractivity contribution is -0.156. The molecule has 0 radical (unpaired) electrons. The lowest BCUT2D eigenvalue weighted by Gasteiger charge is -2.24. The van der Waals surface area contributed by atoms with E-state index in [9.17, 15) is 24.3 Å². The van der Waals surface area contributed by atoms with Crippen LogP contribution in [-0.2, 0) is 30.4 Å². The Kier molecular flexibility index (Phi) is 17.8. The molecule has 8 heteroatoms. The first-order chi connectivity index (χ1) is 20.2. The van der Waals surface area contributed by atoms with Crippen LogP contribution in [0.1, 0.15) is 154 Å². The Balaban J connectivity index is 2.27. The molecule has 0 unspecified atom stereocenters. The van der Waals surface area contributed by atoms with Crippen LogP contribution in [0.4, 0.5) is 0 Å². The summed E-state index contributed by atoms with van der Waals surface area (Å²) < 4.78 is 10.7. The third kappa shape index (κ3) is 20.6. The van der Waals surface area contributed by atoms with Crippen molar-refractivity contribution >= 4 is 23.8 Å². The quantitative estimate of drug-likeness (QED) is 0.111. The number of carboxylic acids is 1. The minimum Gasteiger partial charge on any atom is -0.478 e. The molecule has 0 aliphatic carbocycles. The number of hydrogen-bond acceptors (Lipinski definition) is 6. The summed E-state index contributed by atoms with van der Waals surface area (Å²) in [4.78, 5) is 50.1. The van der Waals surface area contributed by atoms with Crippen molar-refractivity contribution in [3.05, 3.63) is 35.4 Å². The highest BCUT2D eigenvalue weighted by atomic mass is 16.6. The molecule has 1 aromatic carbocycles. The third-order valence-electron chi connectivity index (χ3n) is 6.85. The normalized spacial score (nSPS) is 11.7. The van der Waals surface area contributed by atoms with Gasteiger partial charge in [-0.3, -0.25) is 14.4 Å². The summed E-state index contributed by atoms with van der Waals surface area (Å²) in [6.45, 7) is 11.6. The Morgan fingerprint density at radius 1 is 0.651 bits per heavy atom. The van der Waals surface area contributed by atoms with Crippen LogP contribution in [-0.4, -0.2) is 51.6 Å². The molecule has 1 aromatic rings. The number of aromatic carboxylic acids is 1. The first-order valence-corrected chi connectivity index (χ1v) is 16.2. The van der Waals surface area contributed by atoms with Gasteiger partial charge < -0.3 is 19.5 Å². The number of carbonyl (C=O) groups excluding carboxylic acids is 3. The van der Waals surface area contributed by atoms with Crippen molar-refractivity contribution in [2.24, 2.45) is 0 Å². The van der Waals surface area contributed by atoms with Gasteiger partial charge in [0.05, 0.1) is 12.0 Å². The Hall–Kier alpha value is -2.90. The summed E-state index contributed by atoms with van der Waals surface area (Å²) in [6.07, 6.45) is 14.3. The van der Waals surface area contributed by atoms with Gasteiger partial charge in [0, 0.05) is 25.9 Å². The summed E-state index contributed by atoms with van der Waals surface area (Å²) in [5.41, 5.74) is -0.100. The molecule has 0 aromatic heterocycles. The van der Waals surface area contributed by atoms with Gasteiger partial charge in [-0.2, -0.15) is 0 Å². The maximum atomic E-state index is 13.1. The van der Waals surface area contributed by atoms with E-state index in [1.165, 1.54) is 38.2 Å². The minimum atomic E-state index is -1.01. The molecule has 0 aliphatic rings. The average Bonchev–Trinajstić information content (AvgIpc) is 2.89. The molecule has 43 heavy (non-hydrogen) atoms. The van der Waals surface area contributed by atoms with Gasteiger partial charge in [0.25, 0.3) is 0 Å². The zero-order valence-electron chi connectivity index (χ0n) is 27.7. The molecule has 0 saturated carbocycles. The first-order valence-electron chi connectivity index (χ1n) is 16.2. The summed E-state index contributed by atoms with van der Waals surface area (Å²) >= 11 is 0. The van der Waals surface area contributed by atoms with Gasteiger partial charge in [-0.15, -0.1) is 0 Å². The van der Waals surface area contributed by atoms with Gasteiger partial charge in [0.2, 0.25) is 5.91 Å². The van der Waals surface area contributed by atoms with Crippen LogP contribution in [0.2, 0.25) is 0 Å². The Morgan fingerprint density at radius 2 is 1.09 bits per heavy atom. The van der Waals surface area contributed by atoms with E-state index in [0.717, 1.165) is 50.5 Å². The molecule has 0 spiro atoms. The molecule has 0 atom stereocenters. The number of rotatable bonds is 21. The maximum Gasteiger partial charge on any atom is 0.335 e. The molecule has 1 amide bonds. The molecule has 0 fully saturated rings. The van der Waals surface area contributed by atoms with Gasteiger partial charge in [-0.05, 0) is 72.1 Å². The molecule has 0 heterocycles. The summed E-state index contributed by atoms with van der Waals surface area (Å²) in [5.74, 6) is -1.51. The van der Waals surface area contributed by atoms with E-state index in [2.05, 4.69) is 0 Å². The number of benzene rings is 1. The predicted octanol–water partition coefficient (Wildman–Crippen LogP) is 8.25. The van der Waals surface area contributed by atoms with E-state index < -0.39 is 17.2 Å². The number of unbranched alkanes of at least 4 members (excludes halogenated alkanes) is 11. The molecule has 0 bridgehead atoms. The van der Waals surface area contributed by atoms with Crippen LogP contribution in [0.5, 0.6) is 0 Å². The van der Waals surface area contributed by atoms with Crippen LogP contribution in [0.25, 0.3) is 0 Å². The fourth-order valence-corrected chi connectivity index (χ4v) is 4.80. The van der Waals surface area contributed by atoms with Gasteiger partial charge >= 0.3 is 17.9 Å². The van der Waals surface area contributed by atoms with E-state index in [0.29, 0.717) is 12.8 Å². The molecule has 244 valence electrons. The highest BCUT2D eigenvalue weighted by molar-refractivity contribution is 5.87. The van der Waals surface area contributed by atoms with Crippen LogP contribution in [0.3, 0.4) is 0 Å². The molecule has 0 aliphatic heterocycles. The fraction of sp³-hybridized carbons (Fsp3) is 0.714. The number of carbonyl (C=O) groups is 4. The standard InChI is InChI=1S/C35H57NO7/c1-34(2,3)42-31(38)23-18-16-14-12-10-8-7-9-11-13-15-17-22-30(37)36(25-24-32(39)43-35(4,5)6)27-28-20-19-21-29(26-28)33(40)41/h19-21,26H,7-18,22-25,27H2,1-6H3,(H,40,41). The summed E-state index contributed by atoms with van der Waals surface area (Å²) in [6, 6.07) is 6.57. The van der Waals surface area contributed by atoms with Crippen LogP contribution in [0, 0.1) is 0 Å². The zero-order chi connectivity index (χ0) is 32.3. The van der Waals surface area contributed by atoms with Crippen molar-refractivity contribution in [2.45, 2.75) is 156 Å². The smallest absolute Gasteiger partial charge is 0.335 e. The van der Waals surface area contributed by atoms with Gasteiger partial charge in [0.1, 0.15) is 11.2 Å². The van der Waals surface area contributed by atoms with Crippen molar-refractivity contribution in [3.8, 4) is 0 Å². The second kappa shape index (κ2) is 20.1. The third-order valence-corrected chi connectivity index (χ3v) is 6.85. The minimum absolute atomic E-state index is 0.0321. The van der Waals surface area contributed by atoms with Crippen LogP contribution < -0.4 is 0 Å². The van der Waals surface area contributed by atoms with E-state index in [1.807, 2.05) is 41.5 Å². The lowest BCUT2D eigenvalue weighted by atomic mass is 10.0. The highest BCUT2D eigenvalue weighted by Crippen LogP contribution is 2.17. The Morgan fingerprint density at radius 3 is 1.56 bits per heavy atom. The van der Waals surface area contributed by atoms with Crippen LogP contribution in [0.15, 0.2) is 24.3 Å². The zero-order valence-corrected chi connectivity index (χ0v) is 27.7. The molecular weight excluding hydrogens is 546 g/mol. The Labute approximate surface area is 259 Å². The van der Waals surface area contributed by atoms with Crippen molar-refractivity contribution in [1.29, 1.82) is 0 Å². The maximum absolute atomic E-state index is 13.1. The largest absolute Gasteiger partial charge is 0.478 e. The monoisotopic (exact) mass is 603 g/mol. The van der Waals surface area contributed by atoms with Crippen molar-refractivity contribution < 1.29 is 33.8 Å². The molecule has 1 rings (SSSR count). The van der Waals surface area contributed by atoms with Crippen molar-refractivity contribution in [3.63, 3.8) is 0 Å². The molecule has 8 nitrogen and oxygen atoms in total. The number of hydrogen-bond donors (Lipinski definition) is 1. The summed E-state index contributed by atoms with van der Waals surface area (Å²) in [7, 11) is 0. The van der Waals surface area contributed by atoms with Gasteiger partial charge in [-0.1, -0.05) is 76.3 Å². The SMILES string of the molecule is CC(C)(C)OC(=O)CCCCCCCCCCCCCCC(=O)N(CCC(=O)OC(C)(C)C)Cc1cccc(C(=O)O)c1. The Bertz CT molecular complexity index is 991. The van der Waals surface area contributed by atoms with E-state index >= 15 is 0 Å². The molecule has 0 saturated heterocycles. The number of carboxylic acid groups (broad SMARTS) is 1. The van der Waals surface area contributed by atoms with E-state index in [1.54, 1.807) is 23.1 Å².